The van der Waals surface area contributed by atoms with Crippen LogP contribution in [0.25, 0.3) is 0 Å². The predicted molar refractivity (Wildman–Crippen MR) is 64.6 cm³/mol. The van der Waals surface area contributed by atoms with Crippen molar-refractivity contribution in [3.8, 4) is 5.75 Å². The second-order valence-corrected chi connectivity index (χ2v) is 4.14. The fourth-order valence-corrected chi connectivity index (χ4v) is 1.59. The highest BCUT2D eigenvalue weighted by Gasteiger charge is 2.08. The highest BCUT2D eigenvalue weighted by molar-refractivity contribution is 5.30. The topological polar surface area (TPSA) is 47.3 Å². The molecule has 1 aromatic carbocycles. The van der Waals surface area contributed by atoms with Gasteiger partial charge >= 0.3 is 0 Å². The van der Waals surface area contributed by atoms with Gasteiger partial charge in [0.15, 0.2) is 11.6 Å². The molecule has 0 aliphatic carbocycles. The second kappa shape index (κ2) is 5.18. The van der Waals surface area contributed by atoms with Crippen molar-refractivity contribution in [2.75, 3.05) is 0 Å². The number of ether oxygens (including phenoxy) is 1. The van der Waals surface area contributed by atoms with Crippen molar-refractivity contribution in [3.63, 3.8) is 0 Å². The van der Waals surface area contributed by atoms with Gasteiger partial charge in [-0.2, -0.15) is 5.10 Å². The summed E-state index contributed by atoms with van der Waals surface area (Å²) < 4.78 is 20.7. The summed E-state index contributed by atoms with van der Waals surface area (Å²) in [5.41, 5.74) is 1.26. The number of hydrogen-bond donors (Lipinski definition) is 1. The molecule has 96 valence electrons. The molecular weight excluding hydrogens is 235 g/mol. The lowest BCUT2D eigenvalue weighted by atomic mass is 10.1. The number of aromatic nitrogens is 2. The maximum Gasteiger partial charge on any atom is 0.165 e. The van der Waals surface area contributed by atoms with Crippen molar-refractivity contribution in [3.05, 3.63) is 47.5 Å². The van der Waals surface area contributed by atoms with Gasteiger partial charge in [-0.15, -0.1) is 0 Å². The fraction of sp³-hybridized carbons (Fsp3) is 0.308. The zero-order valence-electron chi connectivity index (χ0n) is 10.3. The fourth-order valence-electron chi connectivity index (χ4n) is 1.59. The monoisotopic (exact) mass is 250 g/mol. The van der Waals surface area contributed by atoms with Crippen molar-refractivity contribution < 1.29 is 14.2 Å². The molecule has 0 saturated carbocycles. The number of halogens is 1. The van der Waals surface area contributed by atoms with E-state index in [4.69, 9.17) is 4.74 Å². The van der Waals surface area contributed by atoms with E-state index in [1.165, 1.54) is 12.1 Å². The molecule has 0 aliphatic rings. The van der Waals surface area contributed by atoms with E-state index in [9.17, 15) is 9.50 Å². The average molecular weight is 250 g/mol. The molecule has 1 N–H and O–H groups in total. The molecule has 0 amide bonds. The summed E-state index contributed by atoms with van der Waals surface area (Å²) in [6, 6.07) is 6.24. The zero-order valence-corrected chi connectivity index (χ0v) is 10.3. The minimum Gasteiger partial charge on any atom is -0.484 e. The van der Waals surface area contributed by atoms with Crippen LogP contribution in [0.3, 0.4) is 0 Å². The van der Waals surface area contributed by atoms with E-state index in [2.05, 4.69) is 5.10 Å². The molecule has 0 fully saturated rings. The number of aryl methyl sites for hydroxylation is 1. The lowest BCUT2D eigenvalue weighted by Crippen LogP contribution is -2.00. The minimum absolute atomic E-state index is 0.157. The molecule has 0 bridgehead atoms. The lowest BCUT2D eigenvalue weighted by molar-refractivity contribution is 0.198. The summed E-state index contributed by atoms with van der Waals surface area (Å²) >= 11 is 0. The van der Waals surface area contributed by atoms with Crippen LogP contribution >= 0.6 is 0 Å². The van der Waals surface area contributed by atoms with Crippen LogP contribution in [0.5, 0.6) is 5.75 Å². The van der Waals surface area contributed by atoms with E-state index in [-0.39, 0.29) is 12.4 Å². The Morgan fingerprint density at radius 1 is 1.44 bits per heavy atom. The van der Waals surface area contributed by atoms with Gasteiger partial charge in [-0.05, 0) is 30.7 Å². The van der Waals surface area contributed by atoms with Crippen molar-refractivity contribution in [2.45, 2.75) is 19.6 Å². The molecule has 0 spiro atoms. The summed E-state index contributed by atoms with van der Waals surface area (Å²) in [7, 11) is 1.81. The Bertz CT molecular complexity index is 538. The first-order valence-electron chi connectivity index (χ1n) is 5.65. The van der Waals surface area contributed by atoms with E-state index in [1.54, 1.807) is 23.9 Å². The summed E-state index contributed by atoms with van der Waals surface area (Å²) in [5, 5.41) is 13.5. The molecule has 5 heteroatoms. The van der Waals surface area contributed by atoms with Gasteiger partial charge in [0.2, 0.25) is 0 Å². The summed E-state index contributed by atoms with van der Waals surface area (Å²) in [4.78, 5) is 0. The zero-order chi connectivity index (χ0) is 13.1. The van der Waals surface area contributed by atoms with E-state index in [0.29, 0.717) is 5.56 Å². The Hall–Kier alpha value is -1.88. The van der Waals surface area contributed by atoms with Crippen LogP contribution in [0, 0.1) is 5.82 Å². The standard InChI is InChI=1S/C13H15FN2O2/c1-9(17)10-3-4-13(12(14)7-10)18-8-11-5-6-16(2)15-11/h3-7,9,17H,8H2,1-2H3/t9-/m0/s1. The number of aliphatic hydroxyl groups is 1. The van der Waals surface area contributed by atoms with Gasteiger partial charge in [0.25, 0.3) is 0 Å². The number of rotatable bonds is 4. The first kappa shape index (κ1) is 12.6. The first-order chi connectivity index (χ1) is 8.56. The van der Waals surface area contributed by atoms with E-state index < -0.39 is 11.9 Å². The predicted octanol–water partition coefficient (Wildman–Crippen LogP) is 2.19. The van der Waals surface area contributed by atoms with Crippen molar-refractivity contribution in [1.82, 2.24) is 9.78 Å². The van der Waals surface area contributed by atoms with Gasteiger partial charge in [-0.3, -0.25) is 4.68 Å². The molecule has 1 aromatic heterocycles. The van der Waals surface area contributed by atoms with Gasteiger partial charge in [0.1, 0.15) is 6.61 Å². The molecule has 1 heterocycles. The van der Waals surface area contributed by atoms with Crippen molar-refractivity contribution >= 4 is 0 Å². The molecule has 4 nitrogen and oxygen atoms in total. The third kappa shape index (κ3) is 2.87. The highest BCUT2D eigenvalue weighted by atomic mass is 19.1. The lowest BCUT2D eigenvalue weighted by Gasteiger charge is -2.09. The van der Waals surface area contributed by atoms with Crippen LogP contribution in [0.4, 0.5) is 4.39 Å². The molecule has 2 rings (SSSR count). The van der Waals surface area contributed by atoms with Crippen molar-refractivity contribution in [1.29, 1.82) is 0 Å². The Balaban J connectivity index is 2.05. The number of nitrogens with zero attached hydrogens (tertiary/aromatic N) is 2. The van der Waals surface area contributed by atoms with Gasteiger partial charge in [0, 0.05) is 13.2 Å². The quantitative estimate of drug-likeness (QED) is 0.904. The normalized spacial score (nSPS) is 12.4. The smallest absolute Gasteiger partial charge is 0.165 e. The molecule has 0 unspecified atom stereocenters. The number of aliphatic hydroxyl groups excluding tert-OH is 1. The van der Waals surface area contributed by atoms with Gasteiger partial charge in [-0.25, -0.2) is 4.39 Å². The molecule has 18 heavy (non-hydrogen) atoms. The summed E-state index contributed by atoms with van der Waals surface area (Å²) in [6.07, 6.45) is 1.11. The Morgan fingerprint density at radius 2 is 2.22 bits per heavy atom. The molecule has 0 radical (unpaired) electrons. The van der Waals surface area contributed by atoms with Crippen molar-refractivity contribution in [2.24, 2.45) is 7.05 Å². The van der Waals surface area contributed by atoms with Crippen LogP contribution in [0.15, 0.2) is 30.5 Å². The third-order valence-corrected chi connectivity index (χ3v) is 2.58. The van der Waals surface area contributed by atoms with Crippen LogP contribution in [-0.4, -0.2) is 14.9 Å². The molecule has 0 saturated heterocycles. The molecule has 2 aromatic rings. The van der Waals surface area contributed by atoms with Gasteiger partial charge in [-0.1, -0.05) is 6.07 Å². The van der Waals surface area contributed by atoms with Crippen LogP contribution in [-0.2, 0) is 13.7 Å². The Kier molecular flexibility index (Phi) is 3.62. The number of benzene rings is 1. The van der Waals surface area contributed by atoms with Crippen LogP contribution < -0.4 is 4.74 Å². The summed E-state index contributed by atoms with van der Waals surface area (Å²) in [6.45, 7) is 1.80. The molecular formula is C13H15FN2O2. The summed E-state index contributed by atoms with van der Waals surface area (Å²) in [5.74, 6) is -0.325. The third-order valence-electron chi connectivity index (χ3n) is 2.58. The van der Waals surface area contributed by atoms with Crippen LogP contribution in [0.2, 0.25) is 0 Å². The molecule has 0 aliphatic heterocycles. The first-order valence-corrected chi connectivity index (χ1v) is 5.65. The maximum absolute atomic E-state index is 13.7. The van der Waals surface area contributed by atoms with E-state index in [1.807, 2.05) is 13.1 Å². The largest absolute Gasteiger partial charge is 0.484 e. The van der Waals surface area contributed by atoms with Gasteiger partial charge < -0.3 is 9.84 Å². The Morgan fingerprint density at radius 3 is 2.78 bits per heavy atom. The minimum atomic E-state index is -0.690. The number of hydrogen-bond acceptors (Lipinski definition) is 3. The second-order valence-electron chi connectivity index (χ2n) is 4.14. The maximum atomic E-state index is 13.7. The SMILES string of the molecule is C[C@H](O)c1ccc(OCc2ccn(C)n2)c(F)c1. The van der Waals surface area contributed by atoms with E-state index >= 15 is 0 Å². The van der Waals surface area contributed by atoms with Gasteiger partial charge in [0.05, 0.1) is 11.8 Å². The highest BCUT2D eigenvalue weighted by Crippen LogP contribution is 2.22. The van der Waals surface area contributed by atoms with Crippen LogP contribution in [0.1, 0.15) is 24.3 Å². The van der Waals surface area contributed by atoms with E-state index in [0.717, 1.165) is 5.69 Å². The Labute approximate surface area is 105 Å². The molecule has 1 atom stereocenters. The average Bonchev–Trinajstić information content (AvgIpc) is 2.73.